The summed E-state index contributed by atoms with van der Waals surface area (Å²) in [5.74, 6) is 0.882. The van der Waals surface area contributed by atoms with Crippen molar-refractivity contribution in [1.29, 1.82) is 0 Å². The molecule has 30 heavy (non-hydrogen) atoms. The van der Waals surface area contributed by atoms with Crippen molar-refractivity contribution in [3.05, 3.63) is 56.7 Å². The van der Waals surface area contributed by atoms with E-state index in [4.69, 9.17) is 4.98 Å². The molecular weight excluding hydrogens is 392 g/mol. The summed E-state index contributed by atoms with van der Waals surface area (Å²) < 4.78 is 1.96. The molecule has 1 fully saturated rings. The Hall–Kier alpha value is -2.18. The predicted molar refractivity (Wildman–Crippen MR) is 125 cm³/mol. The minimum absolute atomic E-state index is 0.183. The van der Waals surface area contributed by atoms with Gasteiger partial charge in [-0.3, -0.25) is 14.3 Å². The standard InChI is InChI=1S/C24H30N4OS/c1-2-12-28-23(29)21-19-10-6-7-11-20(19)30-22(21)25-24(28)27-15-13-26(14-16-27)17-18-8-4-3-5-9-18/h3-5,8-9H,2,6-7,10-17H2,1H3. The Morgan fingerprint density at radius 3 is 2.57 bits per heavy atom. The fourth-order valence-corrected chi connectivity index (χ4v) is 6.09. The molecular formula is C24H30N4OS. The first-order chi connectivity index (χ1) is 14.7. The molecule has 0 spiro atoms. The topological polar surface area (TPSA) is 41.4 Å². The van der Waals surface area contributed by atoms with Gasteiger partial charge in [0.2, 0.25) is 5.95 Å². The normalized spacial score (nSPS) is 17.4. The van der Waals surface area contributed by atoms with E-state index in [-0.39, 0.29) is 5.56 Å². The number of benzene rings is 1. The van der Waals surface area contributed by atoms with Gasteiger partial charge in [0.25, 0.3) is 5.56 Å². The highest BCUT2D eigenvalue weighted by molar-refractivity contribution is 7.18. The molecule has 5 rings (SSSR count). The van der Waals surface area contributed by atoms with E-state index in [9.17, 15) is 4.79 Å². The van der Waals surface area contributed by atoms with Crippen LogP contribution in [0.25, 0.3) is 10.2 Å². The maximum absolute atomic E-state index is 13.5. The summed E-state index contributed by atoms with van der Waals surface area (Å²) in [4.78, 5) is 25.8. The molecule has 0 amide bonds. The Morgan fingerprint density at radius 1 is 1.03 bits per heavy atom. The molecule has 3 heterocycles. The van der Waals surface area contributed by atoms with Crippen LogP contribution in [-0.2, 0) is 25.9 Å². The van der Waals surface area contributed by atoms with Gasteiger partial charge in [0.1, 0.15) is 4.83 Å². The molecule has 2 aliphatic rings. The van der Waals surface area contributed by atoms with E-state index in [1.54, 1.807) is 11.3 Å². The summed E-state index contributed by atoms with van der Waals surface area (Å²) in [6.45, 7) is 7.69. The van der Waals surface area contributed by atoms with Crippen molar-refractivity contribution in [2.75, 3.05) is 31.1 Å². The number of fused-ring (bicyclic) bond motifs is 3. The third-order valence-corrected chi connectivity index (χ3v) is 7.59. The fourth-order valence-electron chi connectivity index (χ4n) is 4.84. The Balaban J connectivity index is 1.42. The van der Waals surface area contributed by atoms with Crippen molar-refractivity contribution < 1.29 is 0 Å². The second kappa shape index (κ2) is 8.52. The van der Waals surface area contributed by atoms with E-state index in [0.29, 0.717) is 0 Å². The largest absolute Gasteiger partial charge is 0.340 e. The van der Waals surface area contributed by atoms with Crippen molar-refractivity contribution in [1.82, 2.24) is 14.5 Å². The zero-order chi connectivity index (χ0) is 20.5. The van der Waals surface area contributed by atoms with Crippen LogP contribution in [0.5, 0.6) is 0 Å². The first-order valence-electron chi connectivity index (χ1n) is 11.3. The van der Waals surface area contributed by atoms with Crippen LogP contribution in [0, 0.1) is 0 Å². The Morgan fingerprint density at radius 2 is 1.80 bits per heavy atom. The molecule has 5 nitrogen and oxygen atoms in total. The summed E-state index contributed by atoms with van der Waals surface area (Å²) >= 11 is 1.76. The van der Waals surface area contributed by atoms with Crippen molar-refractivity contribution in [3.63, 3.8) is 0 Å². The smallest absolute Gasteiger partial charge is 0.263 e. The molecule has 0 atom stereocenters. The van der Waals surface area contributed by atoms with Crippen molar-refractivity contribution in [2.45, 2.75) is 52.1 Å². The van der Waals surface area contributed by atoms with Gasteiger partial charge >= 0.3 is 0 Å². The van der Waals surface area contributed by atoms with Crippen molar-refractivity contribution in [3.8, 4) is 0 Å². The summed E-state index contributed by atoms with van der Waals surface area (Å²) in [5, 5.41) is 0.912. The first-order valence-corrected chi connectivity index (χ1v) is 12.1. The number of aromatic nitrogens is 2. The van der Waals surface area contributed by atoms with E-state index in [1.165, 1.54) is 28.8 Å². The zero-order valence-corrected chi connectivity index (χ0v) is 18.6. The van der Waals surface area contributed by atoms with Crippen LogP contribution in [-0.4, -0.2) is 40.6 Å². The molecule has 158 valence electrons. The molecule has 1 aromatic carbocycles. The molecule has 2 aromatic heterocycles. The lowest BCUT2D eigenvalue weighted by Crippen LogP contribution is -2.48. The second-order valence-corrected chi connectivity index (χ2v) is 9.59. The molecule has 1 saturated heterocycles. The molecule has 0 saturated carbocycles. The molecule has 0 bridgehead atoms. The lowest BCUT2D eigenvalue weighted by Gasteiger charge is -2.36. The van der Waals surface area contributed by atoms with Crippen LogP contribution in [0.4, 0.5) is 5.95 Å². The Labute approximate surface area is 182 Å². The van der Waals surface area contributed by atoms with Crippen molar-refractivity contribution in [2.24, 2.45) is 0 Å². The van der Waals surface area contributed by atoms with Crippen LogP contribution in [0.3, 0.4) is 0 Å². The van der Waals surface area contributed by atoms with Gasteiger partial charge in [-0.1, -0.05) is 37.3 Å². The van der Waals surface area contributed by atoms with E-state index in [0.717, 1.165) is 74.7 Å². The van der Waals surface area contributed by atoms with E-state index < -0.39 is 0 Å². The molecule has 3 aromatic rings. The van der Waals surface area contributed by atoms with E-state index in [1.807, 2.05) is 4.57 Å². The predicted octanol–water partition coefficient (Wildman–Crippen LogP) is 4.07. The summed E-state index contributed by atoms with van der Waals surface area (Å²) in [6.07, 6.45) is 5.52. The number of piperazine rings is 1. The van der Waals surface area contributed by atoms with Crippen LogP contribution >= 0.6 is 11.3 Å². The van der Waals surface area contributed by atoms with Gasteiger partial charge in [-0.05, 0) is 43.2 Å². The number of nitrogens with zero attached hydrogens (tertiary/aromatic N) is 4. The SMILES string of the molecule is CCCn1c(N2CCN(Cc3ccccc3)CC2)nc2sc3c(c2c1=O)CCCC3. The number of thiophene rings is 1. The quantitative estimate of drug-likeness (QED) is 0.622. The average Bonchev–Trinajstić information content (AvgIpc) is 3.16. The minimum Gasteiger partial charge on any atom is -0.340 e. The Kier molecular flexibility index (Phi) is 5.61. The second-order valence-electron chi connectivity index (χ2n) is 8.51. The van der Waals surface area contributed by atoms with Gasteiger partial charge in [-0.15, -0.1) is 11.3 Å². The average molecular weight is 423 g/mol. The molecule has 0 radical (unpaired) electrons. The monoisotopic (exact) mass is 422 g/mol. The van der Waals surface area contributed by atoms with Gasteiger partial charge in [-0.2, -0.15) is 0 Å². The highest BCUT2D eigenvalue weighted by Crippen LogP contribution is 2.34. The molecule has 1 aliphatic carbocycles. The van der Waals surface area contributed by atoms with E-state index in [2.05, 4.69) is 47.1 Å². The van der Waals surface area contributed by atoms with Crippen LogP contribution in [0.2, 0.25) is 0 Å². The number of hydrogen-bond donors (Lipinski definition) is 0. The number of hydrogen-bond acceptors (Lipinski definition) is 5. The summed E-state index contributed by atoms with van der Waals surface area (Å²) in [6, 6.07) is 10.7. The van der Waals surface area contributed by atoms with Gasteiger partial charge < -0.3 is 4.90 Å². The minimum atomic E-state index is 0.183. The third kappa shape index (κ3) is 3.67. The van der Waals surface area contributed by atoms with Crippen LogP contribution < -0.4 is 10.5 Å². The third-order valence-electron chi connectivity index (χ3n) is 6.41. The van der Waals surface area contributed by atoms with Gasteiger partial charge in [0, 0.05) is 44.1 Å². The van der Waals surface area contributed by atoms with Gasteiger partial charge in [0.15, 0.2) is 0 Å². The molecule has 1 aliphatic heterocycles. The lowest BCUT2D eigenvalue weighted by molar-refractivity contribution is 0.248. The number of aryl methyl sites for hydroxylation is 2. The van der Waals surface area contributed by atoms with Crippen molar-refractivity contribution >= 4 is 27.5 Å². The van der Waals surface area contributed by atoms with Crippen LogP contribution in [0.1, 0.15) is 42.2 Å². The van der Waals surface area contributed by atoms with E-state index >= 15 is 0 Å². The Bertz CT molecular complexity index is 1080. The number of anilines is 1. The van der Waals surface area contributed by atoms with Gasteiger partial charge in [0.05, 0.1) is 5.39 Å². The number of rotatable bonds is 5. The molecule has 6 heteroatoms. The summed E-state index contributed by atoms with van der Waals surface area (Å²) in [7, 11) is 0. The first kappa shape index (κ1) is 19.8. The molecule has 0 unspecified atom stereocenters. The van der Waals surface area contributed by atoms with Gasteiger partial charge in [-0.25, -0.2) is 4.98 Å². The fraction of sp³-hybridized carbons (Fsp3) is 0.500. The molecule has 0 N–H and O–H groups in total. The summed E-state index contributed by atoms with van der Waals surface area (Å²) in [5.41, 5.74) is 2.84. The lowest BCUT2D eigenvalue weighted by atomic mass is 9.97. The zero-order valence-electron chi connectivity index (χ0n) is 17.8. The highest BCUT2D eigenvalue weighted by atomic mass is 32.1. The van der Waals surface area contributed by atoms with Crippen LogP contribution in [0.15, 0.2) is 35.1 Å². The maximum atomic E-state index is 13.5. The maximum Gasteiger partial charge on any atom is 0.263 e. The highest BCUT2D eigenvalue weighted by Gasteiger charge is 2.25.